The minimum atomic E-state index is -4.79. The molecule has 3 aromatic carbocycles. The Morgan fingerprint density at radius 1 is 1.08 bits per heavy atom. The van der Waals surface area contributed by atoms with Gasteiger partial charge in [-0.15, -0.1) is 0 Å². The Morgan fingerprint density at radius 3 is 2.47 bits per heavy atom. The van der Waals surface area contributed by atoms with Gasteiger partial charge in [-0.1, -0.05) is 29.8 Å². The van der Waals surface area contributed by atoms with Gasteiger partial charge in [0.2, 0.25) is 0 Å². The third-order valence-electron chi connectivity index (χ3n) is 5.53. The van der Waals surface area contributed by atoms with Gasteiger partial charge >= 0.3 is 12.1 Å². The summed E-state index contributed by atoms with van der Waals surface area (Å²) in [4.78, 5) is 10.4. The monoisotopic (exact) mass is 543 g/mol. The highest BCUT2D eigenvalue weighted by Crippen LogP contribution is 2.43. The Labute approximate surface area is 208 Å². The van der Waals surface area contributed by atoms with E-state index in [1.54, 1.807) is 18.2 Å². The van der Waals surface area contributed by atoms with E-state index in [9.17, 15) is 26.4 Å². The Kier molecular flexibility index (Phi) is 6.89. The van der Waals surface area contributed by atoms with E-state index in [4.69, 9.17) is 21.4 Å². The fourth-order valence-electron chi connectivity index (χ4n) is 3.83. The maximum Gasteiger partial charge on any atom is 0.416 e. The zero-order valence-electron chi connectivity index (χ0n) is 18.3. The molecule has 12 heteroatoms. The van der Waals surface area contributed by atoms with Crippen LogP contribution in [0.2, 0.25) is 5.02 Å². The number of fused-ring (bicyclic) bond motifs is 1. The van der Waals surface area contributed by atoms with Crippen molar-refractivity contribution in [3.05, 3.63) is 77.1 Å². The molecule has 0 aromatic heterocycles. The van der Waals surface area contributed by atoms with Gasteiger partial charge in [-0.25, -0.2) is 12.8 Å². The van der Waals surface area contributed by atoms with Crippen molar-refractivity contribution < 1.29 is 40.6 Å². The van der Waals surface area contributed by atoms with Gasteiger partial charge in [-0.05, 0) is 60.0 Å². The van der Waals surface area contributed by atoms with Crippen molar-refractivity contribution in [3.8, 4) is 16.9 Å². The summed E-state index contributed by atoms with van der Waals surface area (Å²) in [7, 11) is -4.64. The number of nitrogens with zero attached hydrogens (tertiary/aromatic N) is 1. The molecule has 36 heavy (non-hydrogen) atoms. The number of rotatable bonds is 6. The second kappa shape index (κ2) is 9.62. The molecular weight excluding hydrogens is 526 g/mol. The molecule has 1 aliphatic heterocycles. The summed E-state index contributed by atoms with van der Waals surface area (Å²) in [5, 5.41) is 9.36. The van der Waals surface area contributed by atoms with Crippen molar-refractivity contribution in [1.29, 1.82) is 0 Å². The first kappa shape index (κ1) is 25.8. The van der Waals surface area contributed by atoms with Crippen molar-refractivity contribution in [1.82, 2.24) is 0 Å². The lowest BCUT2D eigenvalue weighted by Crippen LogP contribution is -2.44. The van der Waals surface area contributed by atoms with Crippen molar-refractivity contribution in [2.24, 2.45) is 0 Å². The number of sulfonamides is 1. The number of carboxylic acids is 1. The minimum Gasteiger partial charge on any atom is -0.483 e. The zero-order valence-corrected chi connectivity index (χ0v) is 19.9. The van der Waals surface area contributed by atoms with Gasteiger partial charge in [0.15, 0.2) is 11.6 Å². The largest absolute Gasteiger partial charge is 0.483 e. The van der Waals surface area contributed by atoms with Crippen LogP contribution in [0.3, 0.4) is 0 Å². The average Bonchev–Trinajstić information content (AvgIpc) is 2.82. The predicted octanol–water partition coefficient (Wildman–Crippen LogP) is 5.99. The van der Waals surface area contributed by atoms with Crippen LogP contribution in [0.15, 0.2) is 65.6 Å². The zero-order chi connectivity index (χ0) is 26.3. The van der Waals surface area contributed by atoms with E-state index in [2.05, 4.69) is 0 Å². The number of alkyl halides is 3. The van der Waals surface area contributed by atoms with Crippen LogP contribution in [-0.2, 0) is 21.0 Å². The van der Waals surface area contributed by atoms with Gasteiger partial charge in [0.1, 0.15) is 6.10 Å². The lowest BCUT2D eigenvalue weighted by molar-refractivity contribution is -0.138. The Balaban J connectivity index is 1.86. The van der Waals surface area contributed by atoms with Gasteiger partial charge < -0.3 is 9.84 Å². The molecule has 4 rings (SSSR count). The number of hydrogen-bond donors (Lipinski definition) is 1. The summed E-state index contributed by atoms with van der Waals surface area (Å²) in [5.41, 5.74) is -0.675. The van der Waals surface area contributed by atoms with E-state index in [0.717, 1.165) is 28.6 Å². The Hall–Kier alpha value is -3.31. The van der Waals surface area contributed by atoms with Crippen molar-refractivity contribution in [2.45, 2.75) is 30.0 Å². The lowest BCUT2D eigenvalue weighted by atomic mass is 10.0. The molecule has 0 unspecified atom stereocenters. The highest BCUT2D eigenvalue weighted by atomic mass is 35.5. The van der Waals surface area contributed by atoms with E-state index >= 15 is 4.39 Å². The highest BCUT2D eigenvalue weighted by molar-refractivity contribution is 7.92. The van der Waals surface area contributed by atoms with Crippen LogP contribution < -0.4 is 9.04 Å². The van der Waals surface area contributed by atoms with Gasteiger partial charge in [-0.2, -0.15) is 13.2 Å². The molecule has 0 amide bonds. The van der Waals surface area contributed by atoms with Crippen LogP contribution >= 0.6 is 11.6 Å². The normalized spacial score (nSPS) is 15.8. The molecule has 1 aliphatic rings. The van der Waals surface area contributed by atoms with Crippen LogP contribution in [0.1, 0.15) is 18.4 Å². The molecule has 0 saturated heterocycles. The van der Waals surface area contributed by atoms with Crippen LogP contribution in [0.25, 0.3) is 11.1 Å². The first-order chi connectivity index (χ1) is 16.9. The standard InChI is InChI=1S/C24H18ClF4NO5S/c25-17-5-1-3-14(9-17)15-10-20(26)23-21(11-15)30(13-18(35-23)7-8-22(31)32)36(33,34)19-6-2-4-16(12-19)24(27,28)29/h1-6,9-12,18H,7-8,13H2,(H,31,32)/t18-/m0/s1. The summed E-state index contributed by atoms with van der Waals surface area (Å²) in [6.45, 7) is -0.433. The number of carbonyl (C=O) groups is 1. The smallest absolute Gasteiger partial charge is 0.416 e. The van der Waals surface area contributed by atoms with Crippen LogP contribution in [0.4, 0.5) is 23.2 Å². The minimum absolute atomic E-state index is 0.154. The van der Waals surface area contributed by atoms with E-state index in [0.29, 0.717) is 16.7 Å². The summed E-state index contributed by atoms with van der Waals surface area (Å²) in [6, 6.07) is 12.0. The fraction of sp³-hybridized carbons (Fsp3) is 0.208. The van der Waals surface area contributed by atoms with E-state index in [-0.39, 0.29) is 24.1 Å². The first-order valence-electron chi connectivity index (χ1n) is 10.5. The molecule has 1 heterocycles. The van der Waals surface area contributed by atoms with E-state index in [1.807, 2.05) is 0 Å². The van der Waals surface area contributed by atoms with E-state index < -0.39 is 56.8 Å². The number of hydrogen-bond acceptors (Lipinski definition) is 4. The second-order valence-electron chi connectivity index (χ2n) is 8.05. The molecule has 6 nitrogen and oxygen atoms in total. The SMILES string of the molecule is O=C(O)CC[C@H]1CN(S(=O)(=O)c2cccc(C(F)(F)F)c2)c2cc(-c3cccc(Cl)c3)cc(F)c2O1. The summed E-state index contributed by atoms with van der Waals surface area (Å²) in [5.74, 6) is -2.54. The third kappa shape index (κ3) is 5.26. The second-order valence-corrected chi connectivity index (χ2v) is 10.3. The molecule has 0 saturated carbocycles. The van der Waals surface area contributed by atoms with Crippen LogP contribution in [-0.4, -0.2) is 32.1 Å². The van der Waals surface area contributed by atoms with Crippen molar-refractivity contribution in [3.63, 3.8) is 0 Å². The maximum atomic E-state index is 15.2. The first-order valence-corrected chi connectivity index (χ1v) is 12.4. The predicted molar refractivity (Wildman–Crippen MR) is 124 cm³/mol. The van der Waals surface area contributed by atoms with Crippen LogP contribution in [0, 0.1) is 5.82 Å². The van der Waals surface area contributed by atoms with Gasteiger partial charge in [0.05, 0.1) is 22.7 Å². The summed E-state index contributed by atoms with van der Waals surface area (Å²) in [6.07, 6.45) is -6.39. The average molecular weight is 544 g/mol. The molecule has 1 N–H and O–H groups in total. The van der Waals surface area contributed by atoms with Crippen molar-refractivity contribution in [2.75, 3.05) is 10.8 Å². The molecule has 0 bridgehead atoms. The number of anilines is 1. The number of ether oxygens (including phenoxy) is 1. The number of halogens is 5. The van der Waals surface area contributed by atoms with Gasteiger partial charge in [0.25, 0.3) is 10.0 Å². The molecule has 0 aliphatic carbocycles. The molecule has 1 atom stereocenters. The van der Waals surface area contributed by atoms with E-state index in [1.165, 1.54) is 12.1 Å². The Morgan fingerprint density at radius 2 is 1.81 bits per heavy atom. The molecular formula is C24H18ClF4NO5S. The highest BCUT2D eigenvalue weighted by Gasteiger charge is 2.38. The molecule has 0 fully saturated rings. The Bertz CT molecular complexity index is 1430. The maximum absolute atomic E-state index is 15.2. The molecule has 0 spiro atoms. The van der Waals surface area contributed by atoms with Crippen LogP contribution in [0.5, 0.6) is 5.75 Å². The summed E-state index contributed by atoms with van der Waals surface area (Å²) >= 11 is 6.03. The van der Waals surface area contributed by atoms with Gasteiger partial charge in [0, 0.05) is 11.4 Å². The van der Waals surface area contributed by atoms with Crippen molar-refractivity contribution >= 4 is 33.3 Å². The number of aliphatic carboxylic acids is 1. The summed E-state index contributed by atoms with van der Waals surface area (Å²) < 4.78 is 88.5. The lowest BCUT2D eigenvalue weighted by Gasteiger charge is -2.36. The third-order valence-corrected chi connectivity index (χ3v) is 7.54. The topological polar surface area (TPSA) is 83.9 Å². The number of benzene rings is 3. The fourth-order valence-corrected chi connectivity index (χ4v) is 5.55. The molecule has 3 aromatic rings. The number of carboxylic acid groups (broad SMARTS) is 1. The van der Waals surface area contributed by atoms with Gasteiger partial charge in [-0.3, -0.25) is 9.10 Å². The quantitative estimate of drug-likeness (QED) is 0.386. The molecule has 0 radical (unpaired) electrons. The molecule has 190 valence electrons.